The van der Waals surface area contributed by atoms with E-state index in [9.17, 15) is 20.1 Å². The number of nitrogens with one attached hydrogen (secondary N) is 1. The lowest BCUT2D eigenvalue weighted by atomic mass is 10.1. The molecule has 6 N–H and O–H groups in total. The zero-order chi connectivity index (χ0) is 20.0. The normalized spacial score (nSPS) is 24.7. The third-order valence-corrected chi connectivity index (χ3v) is 4.50. The summed E-state index contributed by atoms with van der Waals surface area (Å²) in [4.78, 5) is 24.4. The fourth-order valence-electron chi connectivity index (χ4n) is 3.02. The predicted molar refractivity (Wildman–Crippen MR) is 93.3 cm³/mol. The van der Waals surface area contributed by atoms with E-state index in [1.165, 1.54) is 35.0 Å². The van der Waals surface area contributed by atoms with E-state index in [0.29, 0.717) is 5.56 Å². The fourth-order valence-corrected chi connectivity index (χ4v) is 3.02. The Balaban J connectivity index is 1.77. The molecule has 13 heteroatoms. The Morgan fingerprint density at radius 1 is 1.36 bits per heavy atom. The third kappa shape index (κ3) is 2.77. The molecule has 0 aromatic carbocycles. The number of aromatic nitrogens is 6. The van der Waals surface area contributed by atoms with Gasteiger partial charge < -0.3 is 31.1 Å². The molecule has 4 atom stereocenters. The van der Waals surface area contributed by atoms with Gasteiger partial charge in [0.2, 0.25) is 0 Å². The molecule has 3 aromatic rings. The van der Waals surface area contributed by atoms with Crippen LogP contribution in [-0.4, -0.2) is 82.5 Å². The van der Waals surface area contributed by atoms with Crippen LogP contribution in [0.5, 0.6) is 0 Å². The second kappa shape index (κ2) is 6.79. The largest absolute Gasteiger partial charge is 0.394 e. The minimum absolute atomic E-state index is 0.0579. The molecule has 1 fully saturated rings. The molecule has 4 heterocycles. The lowest BCUT2D eigenvalue weighted by Gasteiger charge is -2.16. The Labute approximate surface area is 157 Å². The SMILES string of the molecule is CNC(=O)c1cnn(-c2nc(N)c3ncn([C@@H]4O[C@H](CO)[C@H](O)[C@@H]4O)c3n2)c1. The molecule has 0 bridgehead atoms. The second-order valence-corrected chi connectivity index (χ2v) is 6.21. The van der Waals surface area contributed by atoms with Crippen molar-refractivity contribution in [1.29, 1.82) is 0 Å². The first-order valence-electron chi connectivity index (χ1n) is 8.34. The van der Waals surface area contributed by atoms with Gasteiger partial charge in [0.15, 0.2) is 17.7 Å². The van der Waals surface area contributed by atoms with Crippen molar-refractivity contribution in [2.45, 2.75) is 24.5 Å². The smallest absolute Gasteiger partial charge is 0.254 e. The molecule has 0 unspecified atom stereocenters. The van der Waals surface area contributed by atoms with Crippen LogP contribution >= 0.6 is 0 Å². The van der Waals surface area contributed by atoms with Crippen molar-refractivity contribution in [3.63, 3.8) is 0 Å². The van der Waals surface area contributed by atoms with Crippen molar-refractivity contribution in [2.75, 3.05) is 19.4 Å². The van der Waals surface area contributed by atoms with E-state index in [-0.39, 0.29) is 28.8 Å². The van der Waals surface area contributed by atoms with Crippen LogP contribution in [0.1, 0.15) is 16.6 Å². The number of hydrogen-bond donors (Lipinski definition) is 5. The zero-order valence-corrected chi connectivity index (χ0v) is 14.7. The van der Waals surface area contributed by atoms with E-state index in [4.69, 9.17) is 10.5 Å². The summed E-state index contributed by atoms with van der Waals surface area (Å²) in [6.45, 7) is -0.459. The van der Waals surface area contributed by atoms with E-state index in [1.807, 2.05) is 0 Å². The number of anilines is 1. The number of aliphatic hydroxyl groups is 3. The Bertz CT molecular complexity index is 1030. The average Bonchev–Trinajstić information content (AvgIpc) is 3.40. The highest BCUT2D eigenvalue weighted by Crippen LogP contribution is 2.32. The summed E-state index contributed by atoms with van der Waals surface area (Å²) < 4.78 is 8.18. The van der Waals surface area contributed by atoms with Crippen LogP contribution in [0.15, 0.2) is 18.7 Å². The number of nitrogens with zero attached hydrogens (tertiary/aromatic N) is 6. The van der Waals surface area contributed by atoms with Crippen molar-refractivity contribution in [3.05, 3.63) is 24.3 Å². The number of nitrogen functional groups attached to an aromatic ring is 1. The number of carbonyl (C=O) groups excluding carboxylic acids is 1. The molecule has 4 rings (SSSR count). The summed E-state index contributed by atoms with van der Waals surface area (Å²) >= 11 is 0. The first-order chi connectivity index (χ1) is 13.4. The van der Waals surface area contributed by atoms with Gasteiger partial charge in [-0.15, -0.1) is 0 Å². The molecule has 1 amide bonds. The maximum atomic E-state index is 11.7. The van der Waals surface area contributed by atoms with Gasteiger partial charge in [0, 0.05) is 13.2 Å². The number of aliphatic hydroxyl groups excluding tert-OH is 3. The molecule has 0 aliphatic carbocycles. The van der Waals surface area contributed by atoms with Crippen LogP contribution in [0.25, 0.3) is 17.1 Å². The first kappa shape index (κ1) is 18.2. The molecular formula is C15H18N8O5. The highest BCUT2D eigenvalue weighted by molar-refractivity contribution is 5.93. The number of ether oxygens (including phenoxy) is 1. The minimum atomic E-state index is -1.31. The molecule has 148 valence electrons. The quantitative estimate of drug-likeness (QED) is 0.320. The van der Waals surface area contributed by atoms with Gasteiger partial charge >= 0.3 is 0 Å². The molecule has 3 aromatic heterocycles. The number of amides is 1. The van der Waals surface area contributed by atoms with Crippen LogP contribution in [0.2, 0.25) is 0 Å². The molecule has 28 heavy (non-hydrogen) atoms. The van der Waals surface area contributed by atoms with E-state index in [0.717, 1.165) is 0 Å². The van der Waals surface area contributed by atoms with Crippen molar-refractivity contribution in [2.24, 2.45) is 0 Å². The van der Waals surface area contributed by atoms with Crippen molar-refractivity contribution < 1.29 is 24.9 Å². The van der Waals surface area contributed by atoms with Gasteiger partial charge in [-0.3, -0.25) is 9.36 Å². The van der Waals surface area contributed by atoms with Crippen LogP contribution in [-0.2, 0) is 4.74 Å². The Hall–Kier alpha value is -3.13. The molecule has 0 radical (unpaired) electrons. The predicted octanol–water partition coefficient (Wildman–Crippen LogP) is -2.43. The number of rotatable bonds is 4. The van der Waals surface area contributed by atoms with Crippen LogP contribution < -0.4 is 11.1 Å². The number of carbonyl (C=O) groups is 1. The van der Waals surface area contributed by atoms with E-state index < -0.39 is 31.1 Å². The molecule has 0 spiro atoms. The Morgan fingerprint density at radius 3 is 2.82 bits per heavy atom. The molecule has 13 nitrogen and oxygen atoms in total. The van der Waals surface area contributed by atoms with Gasteiger partial charge in [-0.25, -0.2) is 9.67 Å². The maximum absolute atomic E-state index is 11.7. The Kier molecular flexibility index (Phi) is 4.43. The number of nitrogens with two attached hydrogens (primary N) is 1. The lowest BCUT2D eigenvalue weighted by Crippen LogP contribution is -2.33. The van der Waals surface area contributed by atoms with Crippen LogP contribution in [0.3, 0.4) is 0 Å². The van der Waals surface area contributed by atoms with Gasteiger partial charge in [-0.05, 0) is 0 Å². The van der Waals surface area contributed by atoms with Crippen molar-refractivity contribution >= 4 is 22.9 Å². The van der Waals surface area contributed by atoms with Crippen molar-refractivity contribution in [3.8, 4) is 5.95 Å². The van der Waals surface area contributed by atoms with Gasteiger partial charge in [0.05, 0.1) is 24.7 Å². The maximum Gasteiger partial charge on any atom is 0.254 e. The molecule has 0 saturated carbocycles. The Morgan fingerprint density at radius 2 is 2.14 bits per heavy atom. The minimum Gasteiger partial charge on any atom is -0.394 e. The van der Waals surface area contributed by atoms with Crippen LogP contribution in [0.4, 0.5) is 5.82 Å². The van der Waals surface area contributed by atoms with Gasteiger partial charge in [-0.1, -0.05) is 0 Å². The van der Waals surface area contributed by atoms with Crippen molar-refractivity contribution in [1.82, 2.24) is 34.6 Å². The summed E-state index contributed by atoms with van der Waals surface area (Å²) in [7, 11) is 1.50. The summed E-state index contributed by atoms with van der Waals surface area (Å²) in [6.07, 6.45) is -0.418. The average molecular weight is 390 g/mol. The summed E-state index contributed by atoms with van der Waals surface area (Å²) in [6, 6.07) is 0. The summed E-state index contributed by atoms with van der Waals surface area (Å²) in [5.74, 6) is -0.187. The van der Waals surface area contributed by atoms with Crippen LogP contribution in [0, 0.1) is 0 Å². The molecule has 1 aliphatic heterocycles. The topological polar surface area (TPSA) is 186 Å². The fraction of sp³-hybridized carbons (Fsp3) is 0.400. The summed E-state index contributed by atoms with van der Waals surface area (Å²) in [5, 5.41) is 36.1. The molecule has 1 saturated heterocycles. The molecular weight excluding hydrogens is 372 g/mol. The lowest BCUT2D eigenvalue weighted by molar-refractivity contribution is -0.0511. The highest BCUT2D eigenvalue weighted by atomic mass is 16.6. The van der Waals surface area contributed by atoms with E-state index in [1.54, 1.807) is 0 Å². The number of imidazole rings is 1. The standard InChI is InChI=1S/C15H18N8O5/c1-17-13(27)6-2-19-23(3-6)15-20-11(16)8-12(21-15)22(5-18-8)14-10(26)9(25)7(4-24)28-14/h2-3,5,7,9-10,14,24-26H,4H2,1H3,(H,17,27)(H2,16,20,21)/t7-,9+,10+,14-/m1/s1. The summed E-state index contributed by atoms with van der Waals surface area (Å²) in [5.41, 5.74) is 6.78. The highest BCUT2D eigenvalue weighted by Gasteiger charge is 2.44. The number of fused-ring (bicyclic) bond motifs is 1. The second-order valence-electron chi connectivity index (χ2n) is 6.21. The molecule has 1 aliphatic rings. The van der Waals surface area contributed by atoms with E-state index >= 15 is 0 Å². The first-order valence-corrected chi connectivity index (χ1v) is 8.34. The number of hydrogen-bond acceptors (Lipinski definition) is 10. The third-order valence-electron chi connectivity index (χ3n) is 4.50. The monoisotopic (exact) mass is 390 g/mol. The van der Waals surface area contributed by atoms with E-state index in [2.05, 4.69) is 25.4 Å². The zero-order valence-electron chi connectivity index (χ0n) is 14.7. The van der Waals surface area contributed by atoms with Gasteiger partial charge in [0.1, 0.15) is 23.8 Å². The van der Waals surface area contributed by atoms with Gasteiger partial charge in [-0.2, -0.15) is 15.1 Å². The van der Waals surface area contributed by atoms with Gasteiger partial charge in [0.25, 0.3) is 11.9 Å².